The number of carbonyl (C=O) groups is 1. The maximum atomic E-state index is 13.8. The molecule has 1 heterocycles. The van der Waals surface area contributed by atoms with E-state index in [1.807, 2.05) is 104 Å². The first-order valence-corrected chi connectivity index (χ1v) is 9.77. The van der Waals surface area contributed by atoms with Crippen LogP contribution in [0.2, 0.25) is 0 Å². The van der Waals surface area contributed by atoms with Gasteiger partial charge in [-0.3, -0.25) is 9.69 Å². The summed E-state index contributed by atoms with van der Waals surface area (Å²) in [6, 6.07) is 31.5. The maximum Gasteiger partial charge on any atom is 0.258 e. The van der Waals surface area contributed by atoms with Gasteiger partial charge in [0, 0.05) is 5.56 Å². The van der Waals surface area contributed by atoms with Crippen LogP contribution in [0.4, 0.5) is 0 Å². The van der Waals surface area contributed by atoms with Gasteiger partial charge in [-0.2, -0.15) is 0 Å². The molecule has 1 atom stereocenters. The van der Waals surface area contributed by atoms with Crippen LogP contribution < -0.4 is 0 Å². The molecule has 0 saturated carbocycles. The first-order valence-electron chi connectivity index (χ1n) is 9.77. The Kier molecular flexibility index (Phi) is 4.00. The SMILES string of the molecule is CC(c1ccccc1)(c1ccccc1)N1C(=O)c2c(ccc3ccccc23)C1O. The van der Waals surface area contributed by atoms with E-state index in [9.17, 15) is 9.90 Å². The molecular formula is C26H21NO2. The van der Waals surface area contributed by atoms with Crippen molar-refractivity contribution in [1.29, 1.82) is 0 Å². The first-order chi connectivity index (χ1) is 14.1. The van der Waals surface area contributed by atoms with E-state index >= 15 is 0 Å². The molecule has 1 aliphatic heterocycles. The molecule has 1 amide bonds. The molecule has 0 aromatic heterocycles. The summed E-state index contributed by atoms with van der Waals surface area (Å²) in [4.78, 5) is 15.4. The van der Waals surface area contributed by atoms with E-state index in [-0.39, 0.29) is 5.91 Å². The van der Waals surface area contributed by atoms with Crippen molar-refractivity contribution in [1.82, 2.24) is 4.90 Å². The summed E-state index contributed by atoms with van der Waals surface area (Å²) in [7, 11) is 0. The molecule has 4 aromatic carbocycles. The lowest BCUT2D eigenvalue weighted by atomic mass is 9.82. The minimum absolute atomic E-state index is 0.153. The number of aliphatic hydroxyl groups excluding tert-OH is 1. The third-order valence-corrected chi connectivity index (χ3v) is 6.07. The summed E-state index contributed by atoms with van der Waals surface area (Å²) in [6.45, 7) is 2.01. The van der Waals surface area contributed by atoms with Crippen LogP contribution in [0, 0.1) is 0 Å². The highest BCUT2D eigenvalue weighted by molar-refractivity contribution is 6.11. The van der Waals surface area contributed by atoms with Crippen molar-refractivity contribution >= 4 is 16.7 Å². The molecule has 0 fully saturated rings. The van der Waals surface area contributed by atoms with Crippen molar-refractivity contribution in [2.24, 2.45) is 0 Å². The number of carbonyl (C=O) groups excluding carboxylic acids is 1. The van der Waals surface area contributed by atoms with Crippen molar-refractivity contribution < 1.29 is 9.90 Å². The van der Waals surface area contributed by atoms with Gasteiger partial charge in [0.15, 0.2) is 6.23 Å². The number of benzene rings is 4. The lowest BCUT2D eigenvalue weighted by Crippen LogP contribution is -2.47. The highest BCUT2D eigenvalue weighted by atomic mass is 16.3. The molecule has 0 aliphatic carbocycles. The van der Waals surface area contributed by atoms with Crippen LogP contribution in [0.15, 0.2) is 97.1 Å². The molecule has 5 rings (SSSR count). The van der Waals surface area contributed by atoms with E-state index < -0.39 is 11.8 Å². The number of nitrogens with zero attached hydrogens (tertiary/aromatic N) is 1. The van der Waals surface area contributed by atoms with Gasteiger partial charge in [-0.05, 0) is 28.8 Å². The van der Waals surface area contributed by atoms with Crippen LogP contribution >= 0.6 is 0 Å². The summed E-state index contributed by atoms with van der Waals surface area (Å²) in [5.41, 5.74) is 2.34. The third kappa shape index (κ3) is 2.51. The summed E-state index contributed by atoms with van der Waals surface area (Å²) in [5, 5.41) is 13.2. The largest absolute Gasteiger partial charge is 0.369 e. The first kappa shape index (κ1) is 17.7. The smallest absolute Gasteiger partial charge is 0.258 e. The van der Waals surface area contributed by atoms with Gasteiger partial charge in [-0.1, -0.05) is 97.1 Å². The van der Waals surface area contributed by atoms with E-state index in [0.717, 1.165) is 21.9 Å². The van der Waals surface area contributed by atoms with Gasteiger partial charge in [0.1, 0.15) is 0 Å². The lowest BCUT2D eigenvalue weighted by Gasteiger charge is -2.42. The van der Waals surface area contributed by atoms with Crippen molar-refractivity contribution in [2.45, 2.75) is 18.7 Å². The average Bonchev–Trinajstić information content (AvgIpc) is 3.05. The predicted molar refractivity (Wildman–Crippen MR) is 114 cm³/mol. The van der Waals surface area contributed by atoms with Crippen LogP contribution in [0.1, 0.15) is 40.2 Å². The fourth-order valence-corrected chi connectivity index (χ4v) is 4.53. The van der Waals surface area contributed by atoms with Crippen LogP contribution in [0.25, 0.3) is 10.8 Å². The Balaban J connectivity index is 1.76. The van der Waals surface area contributed by atoms with Crippen LogP contribution in [0.5, 0.6) is 0 Å². The molecule has 3 nitrogen and oxygen atoms in total. The molecule has 0 radical (unpaired) electrons. The molecule has 0 saturated heterocycles. The van der Waals surface area contributed by atoms with Crippen molar-refractivity contribution in [3.05, 3.63) is 119 Å². The van der Waals surface area contributed by atoms with Crippen LogP contribution in [-0.2, 0) is 5.54 Å². The monoisotopic (exact) mass is 379 g/mol. The van der Waals surface area contributed by atoms with E-state index in [0.29, 0.717) is 11.1 Å². The molecule has 1 unspecified atom stereocenters. The number of amides is 1. The van der Waals surface area contributed by atoms with Crippen molar-refractivity contribution in [3.63, 3.8) is 0 Å². The molecule has 142 valence electrons. The Labute approximate surface area is 169 Å². The van der Waals surface area contributed by atoms with E-state index in [1.54, 1.807) is 4.90 Å². The molecule has 1 N–H and O–H groups in total. The Bertz CT molecular complexity index is 1160. The van der Waals surface area contributed by atoms with Gasteiger partial charge in [0.25, 0.3) is 5.91 Å². The van der Waals surface area contributed by atoms with Crippen molar-refractivity contribution in [2.75, 3.05) is 0 Å². The van der Waals surface area contributed by atoms with Gasteiger partial charge in [0.2, 0.25) is 0 Å². The second kappa shape index (κ2) is 6.57. The second-order valence-corrected chi connectivity index (χ2v) is 7.60. The minimum atomic E-state index is -1.02. The van der Waals surface area contributed by atoms with Crippen LogP contribution in [-0.4, -0.2) is 15.9 Å². The Morgan fingerprint density at radius 3 is 1.93 bits per heavy atom. The molecule has 0 spiro atoms. The maximum absolute atomic E-state index is 13.8. The third-order valence-electron chi connectivity index (χ3n) is 6.07. The molecule has 4 aromatic rings. The van der Waals surface area contributed by atoms with Gasteiger partial charge in [-0.25, -0.2) is 0 Å². The Hall–Kier alpha value is -3.43. The number of rotatable bonds is 3. The zero-order chi connectivity index (χ0) is 20.0. The average molecular weight is 379 g/mol. The number of aliphatic hydroxyl groups is 1. The van der Waals surface area contributed by atoms with Gasteiger partial charge in [-0.15, -0.1) is 0 Å². The molecular weight excluding hydrogens is 358 g/mol. The van der Waals surface area contributed by atoms with E-state index in [1.165, 1.54) is 0 Å². The Morgan fingerprint density at radius 2 is 1.31 bits per heavy atom. The summed E-state index contributed by atoms with van der Waals surface area (Å²) in [5.74, 6) is -0.153. The minimum Gasteiger partial charge on any atom is -0.369 e. The lowest BCUT2D eigenvalue weighted by molar-refractivity contribution is -0.0236. The number of hydrogen-bond donors (Lipinski definition) is 1. The van der Waals surface area contributed by atoms with E-state index in [4.69, 9.17) is 0 Å². The summed E-state index contributed by atoms with van der Waals surface area (Å²) in [6.07, 6.45) is -1.02. The van der Waals surface area contributed by atoms with Gasteiger partial charge < -0.3 is 5.11 Å². The molecule has 1 aliphatic rings. The van der Waals surface area contributed by atoms with Crippen molar-refractivity contribution in [3.8, 4) is 0 Å². The second-order valence-electron chi connectivity index (χ2n) is 7.60. The quantitative estimate of drug-likeness (QED) is 0.528. The summed E-state index contributed by atoms with van der Waals surface area (Å²) < 4.78 is 0. The zero-order valence-electron chi connectivity index (χ0n) is 16.1. The van der Waals surface area contributed by atoms with Crippen LogP contribution in [0.3, 0.4) is 0 Å². The topological polar surface area (TPSA) is 40.5 Å². The molecule has 29 heavy (non-hydrogen) atoms. The molecule has 3 heteroatoms. The predicted octanol–water partition coefficient (Wildman–Crippen LogP) is 5.25. The standard InChI is InChI=1S/C26H21NO2/c1-26(19-11-4-2-5-12-19,20-13-6-3-7-14-20)27-24(28)22-17-16-18-10-8-9-15-21(18)23(22)25(27)29/h2-17,24,28H,1H3. The highest BCUT2D eigenvalue weighted by Crippen LogP contribution is 2.46. The van der Waals surface area contributed by atoms with Gasteiger partial charge in [0.05, 0.1) is 11.1 Å². The molecule has 0 bridgehead atoms. The number of fused-ring (bicyclic) bond motifs is 3. The normalized spacial score (nSPS) is 16.3. The summed E-state index contributed by atoms with van der Waals surface area (Å²) >= 11 is 0. The van der Waals surface area contributed by atoms with Gasteiger partial charge >= 0.3 is 0 Å². The fraction of sp³-hybridized carbons (Fsp3) is 0.115. The highest BCUT2D eigenvalue weighted by Gasteiger charge is 2.48. The Morgan fingerprint density at radius 1 is 0.759 bits per heavy atom. The van der Waals surface area contributed by atoms with E-state index in [2.05, 4.69) is 0 Å². The zero-order valence-corrected chi connectivity index (χ0v) is 16.1. The number of hydrogen-bond acceptors (Lipinski definition) is 2. The fourth-order valence-electron chi connectivity index (χ4n) is 4.53.